The fourth-order valence-corrected chi connectivity index (χ4v) is 2.00. The summed E-state index contributed by atoms with van der Waals surface area (Å²) in [4.78, 5) is 10.1. The Hall–Kier alpha value is -1.82. The van der Waals surface area contributed by atoms with Crippen molar-refractivity contribution in [1.82, 2.24) is 0 Å². The molecule has 0 spiro atoms. The molecule has 0 radical (unpaired) electrons. The van der Waals surface area contributed by atoms with Crippen LogP contribution in [0.1, 0.15) is 27.9 Å². The molecule has 0 atom stereocenters. The third-order valence-electron chi connectivity index (χ3n) is 1.99. The van der Waals surface area contributed by atoms with E-state index in [2.05, 4.69) is 0 Å². The molecule has 19 heavy (non-hydrogen) atoms. The monoisotopic (exact) mass is 297 g/mol. The minimum atomic E-state index is -4.79. The van der Waals surface area contributed by atoms with Crippen LogP contribution in [-0.2, 0) is 0 Å². The van der Waals surface area contributed by atoms with Gasteiger partial charge in [-0.25, -0.2) is 13.6 Å². The van der Waals surface area contributed by atoms with Gasteiger partial charge < -0.3 is 5.11 Å². The largest absolute Gasteiger partial charge is 0.478 e. The van der Waals surface area contributed by atoms with Gasteiger partial charge in [0.2, 0.25) is 0 Å². The summed E-state index contributed by atoms with van der Waals surface area (Å²) in [5, 5.41) is 17.5. The van der Waals surface area contributed by atoms with Gasteiger partial charge >= 0.3 is 11.5 Å². The van der Waals surface area contributed by atoms with Crippen molar-refractivity contribution in [3.8, 4) is 6.07 Å². The van der Waals surface area contributed by atoms with Gasteiger partial charge in [-0.05, 0) is 17.8 Å². The van der Waals surface area contributed by atoms with E-state index in [1.54, 1.807) is 0 Å². The maximum atomic E-state index is 12.6. The number of aromatic carboxylic acids is 1. The lowest BCUT2D eigenvalue weighted by Gasteiger charge is -2.12. The van der Waals surface area contributed by atoms with E-state index in [1.807, 2.05) is 0 Å². The number of hydrogen-bond acceptors (Lipinski definition) is 3. The van der Waals surface area contributed by atoms with Gasteiger partial charge in [0.1, 0.15) is 6.07 Å². The van der Waals surface area contributed by atoms with Crippen molar-refractivity contribution < 1.29 is 31.9 Å². The van der Waals surface area contributed by atoms with Crippen LogP contribution < -0.4 is 0 Å². The number of benzene rings is 1. The number of carboxylic acid groups (broad SMARTS) is 1. The van der Waals surface area contributed by atoms with E-state index >= 15 is 0 Å². The lowest BCUT2D eigenvalue weighted by Crippen LogP contribution is -2.09. The molecule has 3 nitrogen and oxygen atoms in total. The molecule has 0 aromatic heterocycles. The maximum absolute atomic E-state index is 12.6. The van der Waals surface area contributed by atoms with Gasteiger partial charge in [-0.15, -0.1) is 0 Å². The number of rotatable bonds is 3. The van der Waals surface area contributed by atoms with Crippen molar-refractivity contribution in [2.45, 2.75) is 16.8 Å². The summed E-state index contributed by atoms with van der Waals surface area (Å²) in [6.45, 7) is 0. The Bertz CT molecular complexity index is 550. The van der Waals surface area contributed by atoms with Crippen LogP contribution in [0.15, 0.2) is 17.0 Å². The Balaban J connectivity index is 3.52. The van der Waals surface area contributed by atoms with E-state index in [-0.39, 0.29) is 0 Å². The number of carboxylic acids is 1. The molecule has 9 heteroatoms. The minimum Gasteiger partial charge on any atom is -0.478 e. The van der Waals surface area contributed by atoms with E-state index in [0.29, 0.717) is 12.1 Å². The van der Waals surface area contributed by atoms with Crippen LogP contribution >= 0.6 is 11.8 Å². The number of alkyl halides is 5. The quantitative estimate of drug-likeness (QED) is 0.681. The van der Waals surface area contributed by atoms with Crippen LogP contribution in [0, 0.1) is 11.3 Å². The lowest BCUT2D eigenvalue weighted by molar-refractivity contribution is -0.0328. The molecule has 0 aliphatic carbocycles. The van der Waals surface area contributed by atoms with Gasteiger partial charge in [0, 0.05) is 10.5 Å². The van der Waals surface area contributed by atoms with E-state index in [4.69, 9.17) is 10.4 Å². The second-order valence-electron chi connectivity index (χ2n) is 3.17. The zero-order valence-corrected chi connectivity index (χ0v) is 9.65. The average molecular weight is 297 g/mol. The summed E-state index contributed by atoms with van der Waals surface area (Å²) >= 11 is -0.771. The van der Waals surface area contributed by atoms with E-state index in [0.717, 1.165) is 0 Å². The highest BCUT2D eigenvalue weighted by molar-refractivity contribution is 8.00. The van der Waals surface area contributed by atoms with E-state index in [1.165, 1.54) is 6.07 Å². The average Bonchev–Trinajstić information content (AvgIpc) is 2.25. The predicted octanol–water partition coefficient (Wildman–Crippen LogP) is 3.81. The molecule has 1 aromatic rings. The SMILES string of the molecule is N#Cc1c(C(F)F)ccc(SC(F)(F)F)c1C(=O)O. The summed E-state index contributed by atoms with van der Waals surface area (Å²) in [5.41, 5.74) is -7.73. The van der Waals surface area contributed by atoms with Crippen molar-refractivity contribution in [1.29, 1.82) is 5.26 Å². The molecule has 0 saturated carbocycles. The zero-order valence-electron chi connectivity index (χ0n) is 8.83. The molecule has 1 rings (SSSR count). The summed E-state index contributed by atoms with van der Waals surface area (Å²) in [6, 6.07) is 2.44. The van der Waals surface area contributed by atoms with Crippen LogP contribution in [0.3, 0.4) is 0 Å². The lowest BCUT2D eigenvalue weighted by atomic mass is 10.0. The molecule has 102 valence electrons. The van der Waals surface area contributed by atoms with Crippen LogP contribution in [0.5, 0.6) is 0 Å². The molecule has 0 unspecified atom stereocenters. The summed E-state index contributed by atoms with van der Waals surface area (Å²) in [5.74, 6) is -1.87. The summed E-state index contributed by atoms with van der Waals surface area (Å²) in [6.07, 6.45) is -3.15. The highest BCUT2D eigenvalue weighted by Crippen LogP contribution is 2.41. The standard InChI is InChI=1S/C10H4F5NO2S/c11-8(12)4-1-2-6(19-10(13,14)15)7(9(17)18)5(4)3-16/h1-2,8H,(H,17,18). The van der Waals surface area contributed by atoms with Crippen molar-refractivity contribution >= 4 is 17.7 Å². The van der Waals surface area contributed by atoms with Crippen molar-refractivity contribution in [3.63, 3.8) is 0 Å². The molecule has 0 bridgehead atoms. The molecule has 0 aliphatic heterocycles. The Kier molecular flexibility index (Phi) is 4.36. The third-order valence-corrected chi connectivity index (χ3v) is 2.78. The van der Waals surface area contributed by atoms with Gasteiger partial charge in [-0.2, -0.15) is 18.4 Å². The molecule has 0 amide bonds. The molecule has 1 N–H and O–H groups in total. The van der Waals surface area contributed by atoms with Gasteiger partial charge in [0.15, 0.2) is 0 Å². The highest BCUT2D eigenvalue weighted by atomic mass is 32.2. The first-order valence-corrected chi connectivity index (χ1v) is 5.33. The highest BCUT2D eigenvalue weighted by Gasteiger charge is 2.33. The molecule has 0 aliphatic rings. The maximum Gasteiger partial charge on any atom is 0.446 e. The summed E-state index contributed by atoms with van der Waals surface area (Å²) < 4.78 is 61.8. The Morgan fingerprint density at radius 1 is 1.37 bits per heavy atom. The second-order valence-corrected chi connectivity index (χ2v) is 4.28. The number of nitriles is 1. The number of nitrogens with zero attached hydrogens (tertiary/aromatic N) is 1. The fourth-order valence-electron chi connectivity index (χ4n) is 1.32. The molecular weight excluding hydrogens is 293 g/mol. The van der Waals surface area contributed by atoms with Crippen LogP contribution in [0.2, 0.25) is 0 Å². The predicted molar refractivity (Wildman–Crippen MR) is 55.0 cm³/mol. The number of hydrogen-bond donors (Lipinski definition) is 1. The van der Waals surface area contributed by atoms with Crippen LogP contribution in [0.4, 0.5) is 22.0 Å². The number of thioether (sulfide) groups is 1. The van der Waals surface area contributed by atoms with Crippen molar-refractivity contribution in [3.05, 3.63) is 28.8 Å². The zero-order chi connectivity index (χ0) is 14.8. The first kappa shape index (κ1) is 15.2. The minimum absolute atomic E-state index is 0.615. The number of carbonyl (C=O) groups is 1. The molecule has 0 saturated heterocycles. The Morgan fingerprint density at radius 3 is 2.32 bits per heavy atom. The third kappa shape index (κ3) is 3.57. The normalized spacial score (nSPS) is 11.4. The Morgan fingerprint density at radius 2 is 1.95 bits per heavy atom. The van der Waals surface area contributed by atoms with Gasteiger partial charge in [-0.3, -0.25) is 0 Å². The van der Waals surface area contributed by atoms with Crippen molar-refractivity contribution in [2.24, 2.45) is 0 Å². The van der Waals surface area contributed by atoms with Crippen LogP contribution in [0.25, 0.3) is 0 Å². The number of halogens is 5. The van der Waals surface area contributed by atoms with Crippen molar-refractivity contribution in [2.75, 3.05) is 0 Å². The molecule has 0 fully saturated rings. The molecule has 1 aromatic carbocycles. The molecular formula is C10H4F5NO2S. The van der Waals surface area contributed by atoms with Gasteiger partial charge in [0.25, 0.3) is 6.43 Å². The smallest absolute Gasteiger partial charge is 0.446 e. The second kappa shape index (κ2) is 5.44. The first-order chi connectivity index (χ1) is 8.67. The van der Waals surface area contributed by atoms with Crippen LogP contribution in [-0.4, -0.2) is 16.6 Å². The van der Waals surface area contributed by atoms with E-state index < -0.39 is 51.3 Å². The van der Waals surface area contributed by atoms with E-state index in [9.17, 15) is 26.7 Å². The first-order valence-electron chi connectivity index (χ1n) is 4.51. The fraction of sp³-hybridized carbons (Fsp3) is 0.200. The van der Waals surface area contributed by atoms with Gasteiger partial charge in [0.05, 0.1) is 11.1 Å². The summed E-state index contributed by atoms with van der Waals surface area (Å²) in [7, 11) is 0. The Labute approximate surface area is 107 Å². The van der Waals surface area contributed by atoms with Gasteiger partial charge in [-0.1, -0.05) is 6.07 Å². The topological polar surface area (TPSA) is 61.1 Å². The molecule has 0 heterocycles.